The molecule has 4 aromatic rings. The fourth-order valence-electron chi connectivity index (χ4n) is 2.89. The molecule has 0 aliphatic heterocycles. The van der Waals surface area contributed by atoms with E-state index in [2.05, 4.69) is 22.5 Å². The molecule has 0 radical (unpaired) electrons. The molecule has 0 unspecified atom stereocenters. The Hall–Kier alpha value is -2.59. The number of fused-ring (bicyclic) bond motifs is 3. The van der Waals surface area contributed by atoms with Crippen LogP contribution >= 0.6 is 11.3 Å². The SMILES string of the molecule is COC(=O)c1[nH]c2ccc3sccc3c2c1-c1ccccc1. The number of carbonyl (C=O) groups is 1. The highest BCUT2D eigenvalue weighted by Gasteiger charge is 2.21. The van der Waals surface area contributed by atoms with Gasteiger partial charge in [0.2, 0.25) is 0 Å². The maximum atomic E-state index is 12.2. The number of rotatable bonds is 2. The van der Waals surface area contributed by atoms with E-state index in [-0.39, 0.29) is 5.97 Å². The van der Waals surface area contributed by atoms with E-state index in [1.165, 1.54) is 11.8 Å². The minimum absolute atomic E-state index is 0.349. The number of ether oxygens (including phenoxy) is 1. The van der Waals surface area contributed by atoms with Crippen LogP contribution in [0.25, 0.3) is 32.1 Å². The molecule has 2 heterocycles. The molecule has 0 fully saturated rings. The van der Waals surface area contributed by atoms with Crippen LogP contribution in [0.15, 0.2) is 53.9 Å². The molecule has 4 heteroatoms. The average molecular weight is 307 g/mol. The lowest BCUT2D eigenvalue weighted by Gasteiger charge is -2.04. The van der Waals surface area contributed by atoms with E-state index in [0.717, 1.165) is 27.4 Å². The van der Waals surface area contributed by atoms with Gasteiger partial charge in [0.1, 0.15) is 5.69 Å². The summed E-state index contributed by atoms with van der Waals surface area (Å²) in [5, 5.41) is 4.31. The van der Waals surface area contributed by atoms with Crippen molar-refractivity contribution in [2.75, 3.05) is 7.11 Å². The largest absolute Gasteiger partial charge is 0.464 e. The van der Waals surface area contributed by atoms with E-state index >= 15 is 0 Å². The number of hydrogen-bond acceptors (Lipinski definition) is 3. The fraction of sp³-hybridized carbons (Fsp3) is 0.0556. The predicted molar refractivity (Wildman–Crippen MR) is 90.5 cm³/mol. The first-order valence-corrected chi connectivity index (χ1v) is 7.83. The molecule has 0 saturated carbocycles. The molecule has 4 rings (SSSR count). The summed E-state index contributed by atoms with van der Waals surface area (Å²) >= 11 is 1.70. The van der Waals surface area contributed by atoms with Gasteiger partial charge in [0.25, 0.3) is 0 Å². The van der Waals surface area contributed by atoms with Crippen LogP contribution in [0.2, 0.25) is 0 Å². The van der Waals surface area contributed by atoms with Crippen LogP contribution in [0.5, 0.6) is 0 Å². The third-order valence-corrected chi connectivity index (χ3v) is 4.73. The van der Waals surface area contributed by atoms with Crippen LogP contribution in [-0.2, 0) is 4.74 Å². The van der Waals surface area contributed by atoms with Crippen LogP contribution in [0.1, 0.15) is 10.5 Å². The van der Waals surface area contributed by atoms with Crippen molar-refractivity contribution in [3.63, 3.8) is 0 Å². The van der Waals surface area contributed by atoms with E-state index in [0.29, 0.717) is 5.69 Å². The second-order valence-electron chi connectivity index (χ2n) is 5.05. The first-order valence-electron chi connectivity index (χ1n) is 6.95. The van der Waals surface area contributed by atoms with Gasteiger partial charge in [0.15, 0.2) is 0 Å². The molecule has 22 heavy (non-hydrogen) atoms. The molecule has 1 N–H and O–H groups in total. The Balaban J connectivity index is 2.17. The van der Waals surface area contributed by atoms with Gasteiger partial charge in [-0.05, 0) is 29.1 Å². The zero-order valence-corrected chi connectivity index (χ0v) is 12.7. The van der Waals surface area contributed by atoms with Crippen molar-refractivity contribution in [1.29, 1.82) is 0 Å². The number of thiophene rings is 1. The number of aromatic nitrogens is 1. The topological polar surface area (TPSA) is 42.1 Å². The summed E-state index contributed by atoms with van der Waals surface area (Å²) in [6.45, 7) is 0. The van der Waals surface area contributed by atoms with Crippen LogP contribution in [0.4, 0.5) is 0 Å². The van der Waals surface area contributed by atoms with Gasteiger partial charge in [-0.3, -0.25) is 0 Å². The molecule has 0 atom stereocenters. The van der Waals surface area contributed by atoms with Crippen molar-refractivity contribution in [2.24, 2.45) is 0 Å². The van der Waals surface area contributed by atoms with Crippen LogP contribution in [-0.4, -0.2) is 18.1 Å². The molecule has 2 aromatic carbocycles. The summed E-state index contributed by atoms with van der Waals surface area (Å²) in [5.41, 5.74) is 3.37. The van der Waals surface area contributed by atoms with Gasteiger partial charge in [-0.15, -0.1) is 11.3 Å². The van der Waals surface area contributed by atoms with Gasteiger partial charge in [-0.25, -0.2) is 4.79 Å². The molecule has 0 aliphatic carbocycles. The Labute approximate surface area is 131 Å². The second-order valence-corrected chi connectivity index (χ2v) is 6.00. The summed E-state index contributed by atoms with van der Waals surface area (Å²) in [7, 11) is 1.41. The van der Waals surface area contributed by atoms with E-state index < -0.39 is 0 Å². The maximum Gasteiger partial charge on any atom is 0.355 e. The number of methoxy groups -OCH3 is 1. The Kier molecular flexibility index (Phi) is 2.98. The third kappa shape index (κ3) is 1.84. The lowest BCUT2D eigenvalue weighted by Crippen LogP contribution is -2.03. The minimum atomic E-state index is -0.349. The summed E-state index contributed by atoms with van der Waals surface area (Å²) in [5.74, 6) is -0.349. The number of nitrogens with one attached hydrogen (secondary N) is 1. The zero-order chi connectivity index (χ0) is 15.1. The molecule has 108 valence electrons. The van der Waals surface area contributed by atoms with Crippen molar-refractivity contribution >= 4 is 38.3 Å². The van der Waals surface area contributed by atoms with Gasteiger partial charge in [0.05, 0.1) is 7.11 Å². The second kappa shape index (κ2) is 5.00. The van der Waals surface area contributed by atoms with E-state index in [1.54, 1.807) is 11.3 Å². The normalized spacial score (nSPS) is 11.1. The van der Waals surface area contributed by atoms with E-state index in [1.807, 2.05) is 36.4 Å². The zero-order valence-electron chi connectivity index (χ0n) is 11.9. The highest BCUT2D eigenvalue weighted by molar-refractivity contribution is 7.17. The van der Waals surface area contributed by atoms with Crippen LogP contribution in [0.3, 0.4) is 0 Å². The Morgan fingerprint density at radius 3 is 2.68 bits per heavy atom. The van der Waals surface area contributed by atoms with Crippen molar-refractivity contribution in [3.8, 4) is 11.1 Å². The monoisotopic (exact) mass is 307 g/mol. The summed E-state index contributed by atoms with van der Waals surface area (Å²) in [6.07, 6.45) is 0. The van der Waals surface area contributed by atoms with Crippen molar-refractivity contribution in [1.82, 2.24) is 4.98 Å². The van der Waals surface area contributed by atoms with E-state index in [9.17, 15) is 4.79 Å². The quantitative estimate of drug-likeness (QED) is 0.539. The third-order valence-electron chi connectivity index (χ3n) is 3.85. The van der Waals surface area contributed by atoms with Crippen LogP contribution in [0, 0.1) is 0 Å². The number of carbonyl (C=O) groups excluding carboxylic acids is 1. The van der Waals surface area contributed by atoms with Crippen LogP contribution < -0.4 is 0 Å². The Bertz CT molecular complexity index is 982. The highest BCUT2D eigenvalue weighted by atomic mass is 32.1. The fourth-order valence-corrected chi connectivity index (χ4v) is 3.68. The molecule has 3 nitrogen and oxygen atoms in total. The van der Waals surface area contributed by atoms with Gasteiger partial charge in [0, 0.05) is 26.6 Å². The number of hydrogen-bond donors (Lipinski definition) is 1. The van der Waals surface area contributed by atoms with Gasteiger partial charge in [-0.1, -0.05) is 30.3 Å². The standard InChI is InChI=1S/C18H13NO2S/c1-21-18(20)17-15(11-5-3-2-4-6-11)16-12-9-10-22-14(12)8-7-13(16)19-17/h2-10,19H,1H3. The number of H-pyrrole nitrogens is 1. The molecule has 2 aromatic heterocycles. The lowest BCUT2D eigenvalue weighted by molar-refractivity contribution is 0.0596. The smallest absolute Gasteiger partial charge is 0.355 e. The van der Waals surface area contributed by atoms with Crippen molar-refractivity contribution < 1.29 is 9.53 Å². The van der Waals surface area contributed by atoms with E-state index in [4.69, 9.17) is 4.74 Å². The minimum Gasteiger partial charge on any atom is -0.464 e. The lowest BCUT2D eigenvalue weighted by atomic mass is 10.00. The molecular weight excluding hydrogens is 294 g/mol. The van der Waals surface area contributed by atoms with Gasteiger partial charge in [-0.2, -0.15) is 0 Å². The number of esters is 1. The molecular formula is C18H13NO2S. The summed E-state index contributed by atoms with van der Waals surface area (Å²) < 4.78 is 6.16. The maximum absolute atomic E-state index is 12.2. The first-order chi connectivity index (χ1) is 10.8. The number of benzene rings is 2. The summed E-state index contributed by atoms with van der Waals surface area (Å²) in [4.78, 5) is 15.4. The average Bonchev–Trinajstić information content (AvgIpc) is 3.18. The van der Waals surface area contributed by atoms with Gasteiger partial charge < -0.3 is 9.72 Å². The van der Waals surface area contributed by atoms with Gasteiger partial charge >= 0.3 is 5.97 Å². The summed E-state index contributed by atoms with van der Waals surface area (Å²) in [6, 6.07) is 16.1. The predicted octanol–water partition coefficient (Wildman–Crippen LogP) is 4.84. The highest BCUT2D eigenvalue weighted by Crippen LogP contribution is 2.38. The molecule has 0 amide bonds. The molecule has 0 spiro atoms. The van der Waals surface area contributed by atoms with Crippen molar-refractivity contribution in [2.45, 2.75) is 0 Å². The Morgan fingerprint density at radius 2 is 1.91 bits per heavy atom. The Morgan fingerprint density at radius 1 is 1.09 bits per heavy atom. The van der Waals surface area contributed by atoms with Crippen molar-refractivity contribution in [3.05, 3.63) is 59.6 Å². The molecule has 0 saturated heterocycles. The first kappa shape index (κ1) is 13.1. The molecule has 0 aliphatic rings. The number of aromatic amines is 1. The molecule has 0 bridgehead atoms.